The van der Waals surface area contributed by atoms with Gasteiger partial charge >= 0.3 is 0 Å². The lowest BCUT2D eigenvalue weighted by Crippen LogP contribution is -2.24. The van der Waals surface area contributed by atoms with Crippen LogP contribution in [0.15, 0.2) is 0 Å². The summed E-state index contributed by atoms with van der Waals surface area (Å²) in [5.41, 5.74) is 4.28. The fraction of sp³-hybridized carbons (Fsp3) is 0.769. The molecule has 88 valence electrons. The molecule has 1 saturated heterocycles. The maximum Gasteiger partial charge on any atom is 0.0672 e. The number of hydrogen-bond acceptors (Lipinski definition) is 2. The molecule has 0 aromatic carbocycles. The zero-order valence-corrected chi connectivity index (χ0v) is 10.1. The van der Waals surface area contributed by atoms with Crippen LogP contribution in [0.3, 0.4) is 0 Å². The average molecular weight is 219 g/mol. The van der Waals surface area contributed by atoms with Gasteiger partial charge in [0.2, 0.25) is 0 Å². The number of rotatable bonds is 2. The van der Waals surface area contributed by atoms with E-state index in [1.807, 2.05) is 0 Å². The molecule has 0 bridgehead atoms. The highest BCUT2D eigenvalue weighted by molar-refractivity contribution is 5.29. The van der Waals surface area contributed by atoms with E-state index >= 15 is 0 Å². The van der Waals surface area contributed by atoms with Crippen LogP contribution < -0.4 is 5.32 Å². The summed E-state index contributed by atoms with van der Waals surface area (Å²) in [5.74, 6) is 0.834. The molecule has 1 aliphatic heterocycles. The largest absolute Gasteiger partial charge is 0.314 e. The van der Waals surface area contributed by atoms with Gasteiger partial charge in [0.25, 0.3) is 0 Å². The number of aromatic amines is 1. The lowest BCUT2D eigenvalue weighted by atomic mass is 9.87. The first kappa shape index (κ1) is 10.3. The summed E-state index contributed by atoms with van der Waals surface area (Å²) in [6.45, 7) is 3.54. The number of nitrogens with one attached hydrogen (secondary N) is 2. The first-order valence-electron chi connectivity index (χ1n) is 6.61. The summed E-state index contributed by atoms with van der Waals surface area (Å²) in [6, 6.07) is 0.671. The third-order valence-electron chi connectivity index (χ3n) is 4.08. The van der Waals surface area contributed by atoms with Crippen molar-refractivity contribution in [3.05, 3.63) is 17.0 Å². The van der Waals surface area contributed by atoms with E-state index in [2.05, 4.69) is 22.4 Å². The highest BCUT2D eigenvalue weighted by Gasteiger charge is 2.23. The van der Waals surface area contributed by atoms with Crippen molar-refractivity contribution in [2.24, 2.45) is 5.92 Å². The third-order valence-corrected chi connectivity index (χ3v) is 4.08. The molecule has 2 unspecified atom stereocenters. The van der Waals surface area contributed by atoms with Crippen molar-refractivity contribution in [2.75, 3.05) is 6.54 Å². The van der Waals surface area contributed by atoms with Gasteiger partial charge in [-0.2, -0.15) is 5.10 Å². The standard InChI is InChI=1S/C13H21N3/c1-9-4-5-12-11(7-9)13(16-15-12)8-10-3-2-6-14-10/h9-10,14H,2-8H2,1H3,(H,15,16). The molecular formula is C13H21N3. The van der Waals surface area contributed by atoms with Crippen LogP contribution in [0.5, 0.6) is 0 Å². The number of H-pyrrole nitrogens is 1. The van der Waals surface area contributed by atoms with E-state index in [1.165, 1.54) is 55.6 Å². The molecule has 1 fully saturated rings. The normalized spacial score (nSPS) is 29.3. The van der Waals surface area contributed by atoms with E-state index < -0.39 is 0 Å². The van der Waals surface area contributed by atoms with Gasteiger partial charge in [0, 0.05) is 18.2 Å². The first-order chi connectivity index (χ1) is 7.83. The van der Waals surface area contributed by atoms with E-state index in [0.717, 1.165) is 12.3 Å². The lowest BCUT2D eigenvalue weighted by Gasteiger charge is -2.19. The molecule has 1 aromatic rings. The molecular weight excluding hydrogens is 198 g/mol. The zero-order chi connectivity index (χ0) is 11.0. The SMILES string of the molecule is CC1CCc2[nH]nc(CC3CCCN3)c2C1. The zero-order valence-electron chi connectivity index (χ0n) is 10.1. The van der Waals surface area contributed by atoms with Crippen LogP contribution in [-0.4, -0.2) is 22.8 Å². The van der Waals surface area contributed by atoms with Gasteiger partial charge in [-0.3, -0.25) is 5.10 Å². The number of nitrogens with zero attached hydrogens (tertiary/aromatic N) is 1. The Kier molecular flexibility index (Phi) is 2.72. The minimum absolute atomic E-state index is 0.671. The molecule has 2 heterocycles. The van der Waals surface area contributed by atoms with Gasteiger partial charge < -0.3 is 5.32 Å². The smallest absolute Gasteiger partial charge is 0.0672 e. The van der Waals surface area contributed by atoms with Crippen LogP contribution in [0, 0.1) is 5.92 Å². The second-order valence-corrected chi connectivity index (χ2v) is 5.47. The van der Waals surface area contributed by atoms with E-state index in [9.17, 15) is 0 Å². The van der Waals surface area contributed by atoms with Crippen LogP contribution in [-0.2, 0) is 19.3 Å². The molecule has 2 atom stereocenters. The highest BCUT2D eigenvalue weighted by atomic mass is 15.1. The Morgan fingerprint density at radius 1 is 1.38 bits per heavy atom. The van der Waals surface area contributed by atoms with Gasteiger partial charge in [0.05, 0.1) is 5.69 Å². The van der Waals surface area contributed by atoms with E-state index in [-0.39, 0.29) is 0 Å². The van der Waals surface area contributed by atoms with Crippen molar-refractivity contribution in [3.8, 4) is 0 Å². The molecule has 0 saturated carbocycles. The second kappa shape index (κ2) is 4.21. The summed E-state index contributed by atoms with van der Waals surface area (Å²) in [6.07, 6.45) is 7.51. The van der Waals surface area contributed by atoms with Crippen LogP contribution in [0.2, 0.25) is 0 Å². The number of aryl methyl sites for hydroxylation is 1. The Morgan fingerprint density at radius 3 is 3.12 bits per heavy atom. The highest BCUT2D eigenvalue weighted by Crippen LogP contribution is 2.27. The number of aromatic nitrogens is 2. The van der Waals surface area contributed by atoms with E-state index in [4.69, 9.17) is 0 Å². The summed E-state index contributed by atoms with van der Waals surface area (Å²) in [4.78, 5) is 0. The molecule has 2 aliphatic rings. The van der Waals surface area contributed by atoms with Gasteiger partial charge in [-0.05, 0) is 50.1 Å². The Labute approximate surface area is 97.0 Å². The van der Waals surface area contributed by atoms with Gasteiger partial charge in [0.1, 0.15) is 0 Å². The molecule has 3 rings (SSSR count). The Morgan fingerprint density at radius 2 is 2.31 bits per heavy atom. The summed E-state index contributed by atoms with van der Waals surface area (Å²) < 4.78 is 0. The molecule has 0 amide bonds. The quantitative estimate of drug-likeness (QED) is 0.796. The number of hydrogen-bond donors (Lipinski definition) is 2. The van der Waals surface area contributed by atoms with Crippen molar-refractivity contribution in [1.82, 2.24) is 15.5 Å². The van der Waals surface area contributed by atoms with Crippen LogP contribution in [0.1, 0.15) is 43.1 Å². The number of fused-ring (bicyclic) bond motifs is 1. The summed E-state index contributed by atoms with van der Waals surface area (Å²) in [5, 5.41) is 11.3. The molecule has 3 heteroatoms. The van der Waals surface area contributed by atoms with E-state index in [0.29, 0.717) is 6.04 Å². The molecule has 3 nitrogen and oxygen atoms in total. The Bertz CT molecular complexity index is 363. The maximum atomic E-state index is 4.53. The fourth-order valence-corrected chi connectivity index (χ4v) is 3.07. The van der Waals surface area contributed by atoms with Crippen molar-refractivity contribution in [3.63, 3.8) is 0 Å². The molecule has 16 heavy (non-hydrogen) atoms. The Balaban J connectivity index is 1.77. The van der Waals surface area contributed by atoms with Gasteiger partial charge in [0.15, 0.2) is 0 Å². The van der Waals surface area contributed by atoms with Crippen molar-refractivity contribution >= 4 is 0 Å². The minimum Gasteiger partial charge on any atom is -0.314 e. The molecule has 2 N–H and O–H groups in total. The third kappa shape index (κ3) is 1.88. The minimum atomic E-state index is 0.671. The summed E-state index contributed by atoms with van der Waals surface area (Å²) in [7, 11) is 0. The maximum absolute atomic E-state index is 4.53. The van der Waals surface area contributed by atoms with Crippen LogP contribution in [0.4, 0.5) is 0 Å². The Hall–Kier alpha value is -0.830. The van der Waals surface area contributed by atoms with Gasteiger partial charge in [-0.1, -0.05) is 6.92 Å². The lowest BCUT2D eigenvalue weighted by molar-refractivity contribution is 0.493. The van der Waals surface area contributed by atoms with Crippen LogP contribution in [0.25, 0.3) is 0 Å². The van der Waals surface area contributed by atoms with Crippen LogP contribution >= 0.6 is 0 Å². The average Bonchev–Trinajstić information content (AvgIpc) is 2.90. The van der Waals surface area contributed by atoms with Crippen molar-refractivity contribution < 1.29 is 0 Å². The molecule has 0 spiro atoms. The second-order valence-electron chi connectivity index (χ2n) is 5.47. The van der Waals surface area contributed by atoms with Gasteiger partial charge in [-0.15, -0.1) is 0 Å². The first-order valence-corrected chi connectivity index (χ1v) is 6.61. The predicted molar refractivity (Wildman–Crippen MR) is 64.5 cm³/mol. The van der Waals surface area contributed by atoms with E-state index in [1.54, 1.807) is 0 Å². The van der Waals surface area contributed by atoms with Gasteiger partial charge in [-0.25, -0.2) is 0 Å². The van der Waals surface area contributed by atoms with Crippen molar-refractivity contribution in [2.45, 2.75) is 51.5 Å². The molecule has 0 radical (unpaired) electrons. The molecule has 1 aromatic heterocycles. The van der Waals surface area contributed by atoms with Crippen molar-refractivity contribution in [1.29, 1.82) is 0 Å². The fourth-order valence-electron chi connectivity index (χ4n) is 3.07. The topological polar surface area (TPSA) is 40.7 Å². The monoisotopic (exact) mass is 219 g/mol. The molecule has 1 aliphatic carbocycles. The predicted octanol–water partition coefficient (Wildman–Crippen LogP) is 1.83. The summed E-state index contributed by atoms with van der Waals surface area (Å²) >= 11 is 0.